The van der Waals surface area contributed by atoms with Crippen molar-refractivity contribution in [2.75, 3.05) is 19.8 Å². The summed E-state index contributed by atoms with van der Waals surface area (Å²) in [5.74, 6) is -0.174. The summed E-state index contributed by atoms with van der Waals surface area (Å²) in [6.07, 6.45) is -1.42. The minimum Gasteiger partial charge on any atom is -0.445 e. The van der Waals surface area contributed by atoms with Crippen molar-refractivity contribution in [2.45, 2.75) is 18.8 Å². The zero-order valence-corrected chi connectivity index (χ0v) is 10.5. The van der Waals surface area contributed by atoms with Crippen LogP contribution in [-0.4, -0.2) is 43.0 Å². The van der Waals surface area contributed by atoms with Crippen molar-refractivity contribution < 1.29 is 18.7 Å². The zero-order chi connectivity index (χ0) is 13.2. The van der Waals surface area contributed by atoms with E-state index in [0.29, 0.717) is 19.8 Å². The van der Waals surface area contributed by atoms with E-state index in [4.69, 9.17) is 9.47 Å². The van der Waals surface area contributed by atoms with E-state index in [2.05, 4.69) is 0 Å². The molecule has 1 amide bonds. The fourth-order valence-electron chi connectivity index (χ4n) is 2.46. The van der Waals surface area contributed by atoms with Crippen molar-refractivity contribution in [1.82, 2.24) is 4.90 Å². The number of fused-ring (bicyclic) bond motifs is 1. The quantitative estimate of drug-likeness (QED) is 0.821. The molecular formula is C14H16FNO3. The Kier molecular flexibility index (Phi) is 3.38. The third-order valence-corrected chi connectivity index (χ3v) is 3.62. The molecule has 3 rings (SSSR count). The van der Waals surface area contributed by atoms with Crippen molar-refractivity contribution in [3.8, 4) is 0 Å². The molecule has 1 aliphatic carbocycles. The van der Waals surface area contributed by atoms with Crippen LogP contribution in [0.25, 0.3) is 0 Å². The van der Waals surface area contributed by atoms with E-state index in [1.54, 1.807) is 0 Å². The zero-order valence-electron chi connectivity index (χ0n) is 10.5. The van der Waals surface area contributed by atoms with Gasteiger partial charge in [-0.25, -0.2) is 9.18 Å². The van der Waals surface area contributed by atoms with E-state index < -0.39 is 12.3 Å². The van der Waals surface area contributed by atoms with Crippen LogP contribution in [0.15, 0.2) is 30.3 Å². The predicted octanol–water partition coefficient (Wildman–Crippen LogP) is 1.99. The van der Waals surface area contributed by atoms with Gasteiger partial charge in [-0.1, -0.05) is 30.3 Å². The van der Waals surface area contributed by atoms with Crippen molar-refractivity contribution in [3.63, 3.8) is 0 Å². The Labute approximate surface area is 111 Å². The number of benzene rings is 1. The van der Waals surface area contributed by atoms with Crippen LogP contribution in [0.4, 0.5) is 9.18 Å². The summed E-state index contributed by atoms with van der Waals surface area (Å²) in [4.78, 5) is 13.5. The first-order chi connectivity index (χ1) is 9.27. The monoisotopic (exact) mass is 265 g/mol. The first-order valence-corrected chi connectivity index (χ1v) is 6.46. The molecule has 2 fully saturated rings. The highest BCUT2D eigenvalue weighted by atomic mass is 19.1. The molecule has 1 saturated heterocycles. The van der Waals surface area contributed by atoms with Gasteiger partial charge in [-0.05, 0) is 5.56 Å². The van der Waals surface area contributed by atoms with Gasteiger partial charge in [0.1, 0.15) is 12.8 Å². The lowest BCUT2D eigenvalue weighted by atomic mass is 10.2. The number of hydrogen-bond acceptors (Lipinski definition) is 3. The van der Waals surface area contributed by atoms with Gasteiger partial charge in [0.25, 0.3) is 0 Å². The molecule has 19 heavy (non-hydrogen) atoms. The number of nitrogens with zero attached hydrogens (tertiary/aromatic N) is 1. The molecule has 1 unspecified atom stereocenters. The smallest absolute Gasteiger partial charge is 0.410 e. The van der Waals surface area contributed by atoms with E-state index in [1.165, 1.54) is 4.90 Å². The molecule has 1 aromatic rings. The predicted molar refractivity (Wildman–Crippen MR) is 66.3 cm³/mol. The van der Waals surface area contributed by atoms with Crippen molar-refractivity contribution in [2.24, 2.45) is 5.92 Å². The molecule has 4 nitrogen and oxygen atoms in total. The summed E-state index contributed by atoms with van der Waals surface area (Å²) in [6.45, 7) is 1.45. The summed E-state index contributed by atoms with van der Waals surface area (Å²) in [6, 6.07) is 9.09. The lowest BCUT2D eigenvalue weighted by Gasteiger charge is -2.20. The van der Waals surface area contributed by atoms with Gasteiger partial charge in [0.15, 0.2) is 0 Å². The Morgan fingerprint density at radius 3 is 3.00 bits per heavy atom. The molecule has 0 spiro atoms. The van der Waals surface area contributed by atoms with Gasteiger partial charge in [0.05, 0.1) is 19.3 Å². The maximum atomic E-state index is 13.5. The minimum atomic E-state index is -0.968. The summed E-state index contributed by atoms with van der Waals surface area (Å²) in [5, 5.41) is 0. The normalized spacial score (nSPS) is 29.3. The molecule has 0 bridgehead atoms. The fraction of sp³-hybridized carbons (Fsp3) is 0.500. The van der Waals surface area contributed by atoms with Crippen LogP contribution >= 0.6 is 0 Å². The number of ether oxygens (including phenoxy) is 2. The molecule has 0 N–H and O–H groups in total. The number of halogens is 1. The first kappa shape index (κ1) is 12.4. The van der Waals surface area contributed by atoms with Crippen LogP contribution < -0.4 is 0 Å². The molecule has 1 aliphatic heterocycles. The molecule has 3 atom stereocenters. The molecule has 0 radical (unpaired) electrons. The Morgan fingerprint density at radius 2 is 2.21 bits per heavy atom. The summed E-state index contributed by atoms with van der Waals surface area (Å²) in [5.41, 5.74) is 0.922. The van der Waals surface area contributed by atoms with E-state index in [1.807, 2.05) is 30.3 Å². The maximum absolute atomic E-state index is 13.5. The second-order valence-electron chi connectivity index (χ2n) is 4.91. The van der Waals surface area contributed by atoms with Gasteiger partial charge >= 0.3 is 6.09 Å². The van der Waals surface area contributed by atoms with Gasteiger partial charge in [-0.15, -0.1) is 0 Å². The van der Waals surface area contributed by atoms with Gasteiger partial charge in [-0.3, -0.25) is 4.90 Å². The second kappa shape index (κ2) is 5.17. The van der Waals surface area contributed by atoms with E-state index in [9.17, 15) is 9.18 Å². The van der Waals surface area contributed by atoms with Crippen molar-refractivity contribution in [3.05, 3.63) is 35.9 Å². The second-order valence-corrected chi connectivity index (χ2v) is 4.91. The highest BCUT2D eigenvalue weighted by Crippen LogP contribution is 2.41. The average Bonchev–Trinajstić information content (AvgIpc) is 3.13. The topological polar surface area (TPSA) is 38.8 Å². The van der Waals surface area contributed by atoms with E-state index in [-0.39, 0.29) is 18.6 Å². The van der Waals surface area contributed by atoms with Crippen LogP contribution in [0.5, 0.6) is 0 Å². The number of alkyl halides is 1. The summed E-state index contributed by atoms with van der Waals surface area (Å²) in [7, 11) is 0. The molecule has 102 valence electrons. The van der Waals surface area contributed by atoms with Gasteiger partial charge in [0.2, 0.25) is 0 Å². The average molecular weight is 265 g/mol. The van der Waals surface area contributed by atoms with Gasteiger partial charge in [-0.2, -0.15) is 0 Å². The largest absolute Gasteiger partial charge is 0.445 e. The summed E-state index contributed by atoms with van der Waals surface area (Å²) < 4.78 is 24.0. The molecule has 1 heterocycles. The molecular weight excluding hydrogens is 249 g/mol. The Morgan fingerprint density at radius 1 is 1.42 bits per heavy atom. The van der Waals surface area contributed by atoms with Crippen LogP contribution in [0, 0.1) is 5.92 Å². The highest BCUT2D eigenvalue weighted by molar-refractivity contribution is 5.69. The minimum absolute atomic E-state index is 0.174. The summed E-state index contributed by atoms with van der Waals surface area (Å²) >= 11 is 0. The first-order valence-electron chi connectivity index (χ1n) is 6.46. The van der Waals surface area contributed by atoms with Crippen LogP contribution in [0.2, 0.25) is 0 Å². The molecule has 5 heteroatoms. The number of rotatable bonds is 2. The number of carbonyl (C=O) groups excluding carboxylic acids is 1. The molecule has 1 saturated carbocycles. The Balaban J connectivity index is 1.58. The molecule has 0 aromatic heterocycles. The highest BCUT2D eigenvalue weighted by Gasteiger charge is 2.57. The molecule has 2 aliphatic rings. The Bertz CT molecular complexity index is 453. The number of amides is 1. The van der Waals surface area contributed by atoms with Crippen molar-refractivity contribution in [1.29, 1.82) is 0 Å². The van der Waals surface area contributed by atoms with Crippen LogP contribution in [0.3, 0.4) is 0 Å². The molecule has 1 aromatic carbocycles. The standard InChI is InChI=1S/C14H16FNO3/c15-12-11-9-18-7-6-16(13(11)12)14(17)19-8-10-4-2-1-3-5-10/h1-5,11-13H,6-9H2/t11-,12-,13?/m0/s1. The van der Waals surface area contributed by atoms with Crippen molar-refractivity contribution >= 4 is 6.09 Å². The Hall–Kier alpha value is -1.62. The van der Waals surface area contributed by atoms with E-state index >= 15 is 0 Å². The van der Waals surface area contributed by atoms with E-state index in [0.717, 1.165) is 5.56 Å². The lowest BCUT2D eigenvalue weighted by Crippen LogP contribution is -2.36. The maximum Gasteiger partial charge on any atom is 0.410 e. The van der Waals surface area contributed by atoms with Crippen LogP contribution in [-0.2, 0) is 16.1 Å². The number of hydrogen-bond donors (Lipinski definition) is 0. The number of carbonyl (C=O) groups is 1. The van der Waals surface area contributed by atoms with Crippen LogP contribution in [0.1, 0.15) is 5.56 Å². The SMILES string of the molecule is O=C(OCc1ccccc1)N1CCOC[C@@H]2C1[C@H]2F. The lowest BCUT2D eigenvalue weighted by molar-refractivity contribution is 0.0769. The van der Waals surface area contributed by atoms with Gasteiger partial charge < -0.3 is 9.47 Å². The van der Waals surface area contributed by atoms with Gasteiger partial charge in [0, 0.05) is 12.5 Å². The third kappa shape index (κ3) is 2.56. The third-order valence-electron chi connectivity index (χ3n) is 3.62. The fourth-order valence-corrected chi connectivity index (χ4v) is 2.46.